The Labute approximate surface area is 97.5 Å². The molecule has 1 saturated carbocycles. The van der Waals surface area contributed by atoms with Crippen LogP contribution in [0.1, 0.15) is 46.5 Å². The SMILES string of the molecule is CC1(O)C=C2C(Cl)CCC(C)(C)C2CC1. The van der Waals surface area contributed by atoms with E-state index < -0.39 is 5.60 Å². The summed E-state index contributed by atoms with van der Waals surface area (Å²) in [4.78, 5) is 0. The Morgan fingerprint density at radius 3 is 2.60 bits per heavy atom. The van der Waals surface area contributed by atoms with Gasteiger partial charge in [-0.05, 0) is 49.5 Å². The average Bonchev–Trinajstić information content (AvgIpc) is 2.10. The van der Waals surface area contributed by atoms with Crippen LogP contribution < -0.4 is 0 Å². The standard InChI is InChI=1S/C13H21ClO/c1-12(2)6-5-11(14)9-8-13(3,15)7-4-10(9)12/h8,10-11,15H,4-7H2,1-3H3. The van der Waals surface area contributed by atoms with E-state index in [2.05, 4.69) is 13.8 Å². The first kappa shape index (κ1) is 11.5. The fourth-order valence-electron chi connectivity index (χ4n) is 3.13. The summed E-state index contributed by atoms with van der Waals surface area (Å²) in [6.07, 6.45) is 6.22. The van der Waals surface area contributed by atoms with Crippen molar-refractivity contribution < 1.29 is 5.11 Å². The molecule has 0 aromatic carbocycles. The van der Waals surface area contributed by atoms with Crippen LogP contribution in [0.15, 0.2) is 11.6 Å². The van der Waals surface area contributed by atoms with E-state index in [1.807, 2.05) is 13.0 Å². The largest absolute Gasteiger partial charge is 0.386 e. The van der Waals surface area contributed by atoms with E-state index in [4.69, 9.17) is 11.6 Å². The summed E-state index contributed by atoms with van der Waals surface area (Å²) in [6.45, 7) is 6.55. The molecule has 0 bridgehead atoms. The highest BCUT2D eigenvalue weighted by molar-refractivity contribution is 6.22. The highest BCUT2D eigenvalue weighted by Gasteiger charge is 2.43. The molecular weight excluding hydrogens is 208 g/mol. The molecule has 0 spiro atoms. The van der Waals surface area contributed by atoms with Crippen molar-refractivity contribution in [1.82, 2.24) is 0 Å². The molecule has 2 aliphatic rings. The summed E-state index contributed by atoms with van der Waals surface area (Å²) in [5, 5.41) is 10.2. The third kappa shape index (κ3) is 2.09. The fraction of sp³-hybridized carbons (Fsp3) is 0.846. The van der Waals surface area contributed by atoms with Crippen LogP contribution in [0.5, 0.6) is 0 Å². The van der Waals surface area contributed by atoms with Gasteiger partial charge in [0, 0.05) is 0 Å². The zero-order chi connectivity index (χ0) is 11.3. The van der Waals surface area contributed by atoms with E-state index in [0.29, 0.717) is 11.3 Å². The minimum Gasteiger partial charge on any atom is -0.386 e. The van der Waals surface area contributed by atoms with Crippen molar-refractivity contribution in [2.24, 2.45) is 11.3 Å². The molecule has 0 aromatic heterocycles. The highest BCUT2D eigenvalue weighted by atomic mass is 35.5. The van der Waals surface area contributed by atoms with Crippen molar-refractivity contribution in [3.63, 3.8) is 0 Å². The highest BCUT2D eigenvalue weighted by Crippen LogP contribution is 2.50. The molecule has 2 heteroatoms. The first-order valence-electron chi connectivity index (χ1n) is 5.91. The van der Waals surface area contributed by atoms with Gasteiger partial charge in [-0.15, -0.1) is 11.6 Å². The van der Waals surface area contributed by atoms with E-state index in [-0.39, 0.29) is 5.38 Å². The third-order valence-corrected chi connectivity index (χ3v) is 4.64. The molecule has 86 valence electrons. The van der Waals surface area contributed by atoms with Crippen LogP contribution in [0.4, 0.5) is 0 Å². The third-order valence-electron chi connectivity index (χ3n) is 4.17. The van der Waals surface area contributed by atoms with Gasteiger partial charge in [-0.3, -0.25) is 0 Å². The number of rotatable bonds is 0. The van der Waals surface area contributed by atoms with Crippen LogP contribution >= 0.6 is 11.6 Å². The Morgan fingerprint density at radius 2 is 1.93 bits per heavy atom. The maximum Gasteiger partial charge on any atom is 0.0803 e. The Bertz CT molecular complexity index is 291. The maximum absolute atomic E-state index is 10.1. The lowest BCUT2D eigenvalue weighted by Gasteiger charge is -2.47. The first-order chi connectivity index (χ1) is 6.82. The van der Waals surface area contributed by atoms with Crippen molar-refractivity contribution in [3.8, 4) is 0 Å². The van der Waals surface area contributed by atoms with E-state index >= 15 is 0 Å². The van der Waals surface area contributed by atoms with E-state index in [1.165, 1.54) is 12.0 Å². The molecule has 1 fully saturated rings. The second kappa shape index (κ2) is 3.49. The molecule has 0 aliphatic heterocycles. The van der Waals surface area contributed by atoms with Crippen LogP contribution in [-0.4, -0.2) is 16.1 Å². The molecule has 2 rings (SSSR count). The number of allylic oxidation sites excluding steroid dienone is 1. The Morgan fingerprint density at radius 1 is 1.27 bits per heavy atom. The molecule has 3 unspecified atom stereocenters. The molecule has 0 heterocycles. The Kier molecular flexibility index (Phi) is 2.67. The number of alkyl halides is 1. The minimum atomic E-state index is -0.633. The van der Waals surface area contributed by atoms with Crippen LogP contribution in [0, 0.1) is 11.3 Å². The van der Waals surface area contributed by atoms with Crippen LogP contribution in [0.25, 0.3) is 0 Å². The molecule has 0 amide bonds. The fourth-order valence-corrected chi connectivity index (χ4v) is 3.45. The Balaban J connectivity index is 2.34. The molecule has 0 aromatic rings. The normalized spacial score (nSPS) is 44.5. The smallest absolute Gasteiger partial charge is 0.0803 e. The summed E-state index contributed by atoms with van der Waals surface area (Å²) in [5.41, 5.74) is 1.02. The first-order valence-corrected chi connectivity index (χ1v) is 6.35. The van der Waals surface area contributed by atoms with Gasteiger partial charge < -0.3 is 5.11 Å². The lowest BCUT2D eigenvalue weighted by Crippen LogP contribution is -2.40. The van der Waals surface area contributed by atoms with Gasteiger partial charge in [0.05, 0.1) is 11.0 Å². The van der Waals surface area contributed by atoms with Gasteiger partial charge in [0.25, 0.3) is 0 Å². The molecule has 2 aliphatic carbocycles. The van der Waals surface area contributed by atoms with Gasteiger partial charge in [-0.2, -0.15) is 0 Å². The van der Waals surface area contributed by atoms with Crippen LogP contribution in [0.2, 0.25) is 0 Å². The quantitative estimate of drug-likeness (QED) is 0.497. The monoisotopic (exact) mass is 228 g/mol. The number of halogens is 1. The molecule has 0 radical (unpaired) electrons. The zero-order valence-corrected chi connectivity index (χ0v) is 10.6. The second-order valence-corrected chi connectivity index (χ2v) is 6.61. The van der Waals surface area contributed by atoms with E-state index in [0.717, 1.165) is 19.3 Å². The van der Waals surface area contributed by atoms with Crippen molar-refractivity contribution in [2.75, 3.05) is 0 Å². The summed E-state index contributed by atoms with van der Waals surface area (Å²) in [7, 11) is 0. The predicted molar refractivity (Wildman–Crippen MR) is 64.1 cm³/mol. The van der Waals surface area contributed by atoms with Crippen molar-refractivity contribution in [3.05, 3.63) is 11.6 Å². The zero-order valence-electron chi connectivity index (χ0n) is 9.89. The van der Waals surface area contributed by atoms with Gasteiger partial charge in [-0.25, -0.2) is 0 Å². The topological polar surface area (TPSA) is 20.2 Å². The summed E-state index contributed by atoms with van der Waals surface area (Å²) in [6, 6.07) is 0. The van der Waals surface area contributed by atoms with Crippen molar-refractivity contribution in [2.45, 2.75) is 57.4 Å². The van der Waals surface area contributed by atoms with Crippen molar-refractivity contribution in [1.29, 1.82) is 0 Å². The van der Waals surface area contributed by atoms with Gasteiger partial charge in [0.15, 0.2) is 0 Å². The molecule has 15 heavy (non-hydrogen) atoms. The van der Waals surface area contributed by atoms with Gasteiger partial charge in [0.1, 0.15) is 0 Å². The van der Waals surface area contributed by atoms with Gasteiger partial charge in [0.2, 0.25) is 0 Å². The number of fused-ring (bicyclic) bond motifs is 1. The molecule has 3 atom stereocenters. The van der Waals surface area contributed by atoms with E-state index in [1.54, 1.807) is 0 Å². The maximum atomic E-state index is 10.1. The molecular formula is C13H21ClO. The Hall–Kier alpha value is -0.0100. The van der Waals surface area contributed by atoms with Crippen molar-refractivity contribution >= 4 is 11.6 Å². The summed E-state index contributed by atoms with van der Waals surface area (Å²) >= 11 is 6.37. The summed E-state index contributed by atoms with van der Waals surface area (Å²) < 4.78 is 0. The average molecular weight is 229 g/mol. The predicted octanol–water partition coefficient (Wildman–Crippen LogP) is 3.50. The summed E-state index contributed by atoms with van der Waals surface area (Å²) in [5.74, 6) is 0.578. The van der Waals surface area contributed by atoms with Crippen LogP contribution in [0.3, 0.4) is 0 Å². The van der Waals surface area contributed by atoms with Crippen LogP contribution in [-0.2, 0) is 0 Å². The molecule has 0 saturated heterocycles. The lowest BCUT2D eigenvalue weighted by molar-refractivity contribution is 0.0605. The van der Waals surface area contributed by atoms with Gasteiger partial charge in [-0.1, -0.05) is 19.9 Å². The minimum absolute atomic E-state index is 0.148. The molecule has 1 nitrogen and oxygen atoms in total. The second-order valence-electron chi connectivity index (χ2n) is 6.09. The van der Waals surface area contributed by atoms with Gasteiger partial charge >= 0.3 is 0 Å². The molecule has 1 N–H and O–H groups in total. The number of hydrogen-bond acceptors (Lipinski definition) is 1. The number of aliphatic hydroxyl groups is 1. The lowest BCUT2D eigenvalue weighted by atomic mass is 9.61. The van der Waals surface area contributed by atoms with E-state index in [9.17, 15) is 5.11 Å². The number of hydrogen-bond donors (Lipinski definition) is 1.